The van der Waals surface area contributed by atoms with Crippen LogP contribution in [-0.2, 0) is 41.4 Å². The second-order valence-corrected chi connectivity index (χ2v) is 11.3. The van der Waals surface area contributed by atoms with Crippen molar-refractivity contribution in [2.45, 2.75) is 23.6 Å². The zero-order chi connectivity index (χ0) is 34.3. The van der Waals surface area contributed by atoms with Crippen molar-refractivity contribution in [3.63, 3.8) is 0 Å². The number of azo groups is 2. The Morgan fingerprint density at radius 2 is 1.67 bits per heavy atom. The molecular weight excluding hydrogens is 726 g/mol. The summed E-state index contributed by atoms with van der Waals surface area (Å²) in [7, 11) is -4.40. The summed E-state index contributed by atoms with van der Waals surface area (Å²) in [5.41, 5.74) is 0.326. The number of nitrogens with zero attached hydrogens (tertiary/aromatic N) is 6. The first-order chi connectivity index (χ1) is 22.3. The number of benzene rings is 3. The van der Waals surface area contributed by atoms with E-state index in [-0.39, 0.29) is 66.5 Å². The molecule has 6 N–H and O–H groups in total. The molecule has 18 nitrogen and oxygen atoms in total. The summed E-state index contributed by atoms with van der Waals surface area (Å²) in [6.07, 6.45) is 2.56. The van der Waals surface area contributed by atoms with Crippen LogP contribution in [-0.4, -0.2) is 54.3 Å². The van der Waals surface area contributed by atoms with Gasteiger partial charge in [0.2, 0.25) is 0 Å². The van der Waals surface area contributed by atoms with E-state index < -0.39 is 21.6 Å². The van der Waals surface area contributed by atoms with Crippen molar-refractivity contribution in [1.29, 1.82) is 0 Å². The Labute approximate surface area is 284 Å². The van der Waals surface area contributed by atoms with Gasteiger partial charge >= 0.3 is 0 Å². The monoisotopic (exact) mass is 748 g/mol. The predicted octanol–water partition coefficient (Wildman–Crippen LogP) is 6.03. The van der Waals surface area contributed by atoms with Crippen LogP contribution in [0.25, 0.3) is 16.5 Å². The van der Waals surface area contributed by atoms with Gasteiger partial charge in [0, 0.05) is 35.6 Å². The summed E-state index contributed by atoms with van der Waals surface area (Å²) in [6.45, 7) is 2.68. The van der Waals surface area contributed by atoms with Gasteiger partial charge in [-0.1, -0.05) is 11.1 Å². The number of carbonyl (C=O) groups is 1. The average Bonchev–Trinajstić information content (AvgIpc) is 3.31. The van der Waals surface area contributed by atoms with Crippen molar-refractivity contribution in [3.8, 4) is 17.2 Å². The Balaban J connectivity index is 0.00000118. The van der Waals surface area contributed by atoms with Crippen LogP contribution in [0.5, 0.6) is 11.5 Å². The Hall–Kier alpha value is -4.99. The van der Waals surface area contributed by atoms with Crippen LogP contribution in [0.3, 0.4) is 0 Å². The summed E-state index contributed by atoms with van der Waals surface area (Å²) in [5.74, 6) is -1.42. The molecule has 5 aromatic rings. The van der Waals surface area contributed by atoms with Gasteiger partial charge in [0.1, 0.15) is 11.4 Å². The molecule has 2 heterocycles. The van der Waals surface area contributed by atoms with Gasteiger partial charge in [0.05, 0.1) is 45.1 Å². The van der Waals surface area contributed by atoms with Crippen LogP contribution in [0.15, 0.2) is 102 Å². The zero-order valence-electron chi connectivity index (χ0n) is 24.3. The molecule has 0 saturated heterocycles. The van der Waals surface area contributed by atoms with Crippen LogP contribution in [0.4, 0.5) is 22.7 Å². The molecule has 0 aliphatic rings. The number of aromatic nitrogens is 3. The number of phenols is 1. The van der Waals surface area contributed by atoms with Gasteiger partial charge in [-0.2, -0.15) is 13.5 Å². The molecule has 255 valence electrons. The fourth-order valence-electron chi connectivity index (χ4n) is 3.88. The number of rotatable bonds is 9. The molecule has 21 heteroatoms. The number of aromatic amines is 1. The molecule has 1 radical (unpaired) electrons. The van der Waals surface area contributed by atoms with Crippen molar-refractivity contribution in [2.75, 3.05) is 0 Å². The van der Waals surface area contributed by atoms with E-state index in [0.717, 1.165) is 23.7 Å². The second kappa shape index (κ2) is 16.2. The van der Waals surface area contributed by atoms with Gasteiger partial charge in [-0.3, -0.25) is 24.2 Å². The maximum absolute atomic E-state index is 13.0. The number of aliphatic carboxylic acids is 1. The average molecular weight is 749 g/mol. The van der Waals surface area contributed by atoms with Gasteiger partial charge in [-0.15, -0.1) is 19.7 Å². The van der Waals surface area contributed by atoms with E-state index in [9.17, 15) is 28.0 Å². The van der Waals surface area contributed by atoms with E-state index in [1.807, 2.05) is 0 Å². The van der Waals surface area contributed by atoms with Crippen LogP contribution in [0, 0.1) is 6.92 Å². The molecule has 0 saturated carbocycles. The molecule has 2 aromatic heterocycles. The number of pyridine rings is 1. The molecule has 0 atom stereocenters. The normalized spacial score (nSPS) is 11.4. The Morgan fingerprint density at radius 1 is 1.00 bits per heavy atom. The standard InChI is InChI=1S/C25H19N7O9S2.C2H4O2.Cu/c1-13-22(25(35)32(31-13)16-4-6-17(7-5-16)43(37,38)39)29-27-15-3-2-14-10-21(42-41-40-36)23(24(34)18(14)11-15)30-28-19-8-9-26-12-20(19)33;1-2(3)4;/h2-12,31,33-34,36H,1H3,(H,37,38,39);1H3,(H,3,4);. The summed E-state index contributed by atoms with van der Waals surface area (Å²) >= 11 is 0.547. The minimum absolute atomic E-state index is 0. The molecular formula is C27H23CuN7O11S2. The van der Waals surface area contributed by atoms with Crippen molar-refractivity contribution in [1.82, 2.24) is 14.8 Å². The van der Waals surface area contributed by atoms with Gasteiger partial charge in [0.25, 0.3) is 21.6 Å². The Kier molecular flexibility index (Phi) is 12.7. The first kappa shape index (κ1) is 37.5. The second-order valence-electron chi connectivity index (χ2n) is 9.18. The van der Waals surface area contributed by atoms with Crippen molar-refractivity contribution < 1.29 is 64.8 Å². The minimum Gasteiger partial charge on any atom is -0.505 e. The first-order valence-corrected chi connectivity index (χ1v) is 15.0. The van der Waals surface area contributed by atoms with Gasteiger partial charge < -0.3 is 15.3 Å². The molecule has 0 amide bonds. The first-order valence-electron chi connectivity index (χ1n) is 12.8. The minimum atomic E-state index is -4.40. The van der Waals surface area contributed by atoms with E-state index >= 15 is 0 Å². The molecule has 0 unspecified atom stereocenters. The third-order valence-electron chi connectivity index (χ3n) is 5.92. The number of H-pyrrole nitrogens is 1. The number of aryl methyl sites for hydroxylation is 1. The van der Waals surface area contributed by atoms with Gasteiger partial charge in [-0.25, -0.2) is 9.94 Å². The summed E-state index contributed by atoms with van der Waals surface area (Å²) in [4.78, 5) is 25.7. The Bertz CT molecular complexity index is 2170. The topological polar surface area (TPSA) is 271 Å². The van der Waals surface area contributed by atoms with E-state index in [1.54, 1.807) is 25.1 Å². The SMILES string of the molecule is CC(=O)O.Cc1[nH]n(-c2ccc(S(=O)(=O)O)cc2)c(=O)c1N=Nc1ccc2cc(SOOO)c(N=Nc3ccncc3O)c(O)c2c1.[Cu]. The fraction of sp³-hybridized carbons (Fsp3) is 0.0741. The van der Waals surface area contributed by atoms with E-state index in [4.69, 9.17) is 15.2 Å². The maximum Gasteiger partial charge on any atom is 0.300 e. The van der Waals surface area contributed by atoms with E-state index in [1.165, 1.54) is 36.7 Å². The number of nitrogens with one attached hydrogen (secondary N) is 1. The van der Waals surface area contributed by atoms with Crippen LogP contribution < -0.4 is 5.56 Å². The summed E-state index contributed by atoms with van der Waals surface area (Å²) in [6, 6.07) is 12.6. The summed E-state index contributed by atoms with van der Waals surface area (Å²) in [5, 5.41) is 60.5. The molecule has 0 aliphatic carbocycles. The number of aromatic hydroxyl groups is 2. The van der Waals surface area contributed by atoms with Crippen LogP contribution >= 0.6 is 12.0 Å². The van der Waals surface area contributed by atoms with Crippen LogP contribution in [0.1, 0.15) is 12.6 Å². The Morgan fingerprint density at radius 3 is 2.29 bits per heavy atom. The van der Waals surface area contributed by atoms with Crippen molar-refractivity contribution in [3.05, 3.63) is 83.0 Å². The number of fused-ring (bicyclic) bond motifs is 1. The number of carboxylic acid groups (broad SMARTS) is 1. The van der Waals surface area contributed by atoms with Gasteiger partial charge in [0.15, 0.2) is 17.2 Å². The number of hydrogen-bond donors (Lipinski definition) is 6. The predicted molar refractivity (Wildman–Crippen MR) is 165 cm³/mol. The zero-order valence-corrected chi connectivity index (χ0v) is 26.9. The van der Waals surface area contributed by atoms with E-state index in [2.05, 4.69) is 39.9 Å². The quantitative estimate of drug-likeness (QED) is 0.0251. The maximum atomic E-state index is 13.0. The number of phenolic OH excluding ortho intramolecular Hbond substituents is 1. The molecule has 0 spiro atoms. The smallest absolute Gasteiger partial charge is 0.300 e. The fourth-order valence-corrected chi connectivity index (χ4v) is 4.86. The molecule has 0 bridgehead atoms. The van der Waals surface area contributed by atoms with Crippen molar-refractivity contribution in [2.24, 2.45) is 20.5 Å². The molecule has 48 heavy (non-hydrogen) atoms. The molecule has 0 aliphatic heterocycles. The molecule has 5 rings (SSSR count). The number of carboxylic acids is 1. The van der Waals surface area contributed by atoms with Crippen molar-refractivity contribution >= 4 is 61.7 Å². The molecule has 0 fully saturated rings. The third kappa shape index (κ3) is 9.08. The summed E-state index contributed by atoms with van der Waals surface area (Å²) < 4.78 is 37.4. The van der Waals surface area contributed by atoms with Gasteiger partial charge in [-0.05, 0) is 60.8 Å². The number of hydrogen-bond acceptors (Lipinski definition) is 15. The van der Waals surface area contributed by atoms with Crippen LogP contribution in [0.2, 0.25) is 0 Å². The van der Waals surface area contributed by atoms with E-state index in [0.29, 0.717) is 28.8 Å². The largest absolute Gasteiger partial charge is 0.505 e. The third-order valence-corrected chi connectivity index (χ3v) is 7.41. The molecule has 3 aromatic carbocycles.